The van der Waals surface area contributed by atoms with Crippen molar-refractivity contribution in [3.8, 4) is 0 Å². The van der Waals surface area contributed by atoms with Crippen LogP contribution < -0.4 is 10.6 Å². The SMILES string of the molecule is O=C(CCl)NC(=O)Nc1ccc(CCCCF)cc1. The molecule has 3 amide bonds. The first-order valence-electron chi connectivity index (χ1n) is 5.97. The Labute approximate surface area is 116 Å². The molecule has 0 bridgehead atoms. The van der Waals surface area contributed by atoms with Crippen LogP contribution >= 0.6 is 11.6 Å². The van der Waals surface area contributed by atoms with Gasteiger partial charge in [-0.25, -0.2) is 4.79 Å². The van der Waals surface area contributed by atoms with E-state index < -0.39 is 11.9 Å². The fourth-order valence-corrected chi connectivity index (χ4v) is 1.57. The summed E-state index contributed by atoms with van der Waals surface area (Å²) in [5.74, 6) is -0.817. The van der Waals surface area contributed by atoms with E-state index in [1.54, 1.807) is 12.1 Å². The Morgan fingerprint density at radius 3 is 2.42 bits per heavy atom. The number of carbonyl (C=O) groups is 2. The van der Waals surface area contributed by atoms with Crippen LogP contribution in [0.15, 0.2) is 24.3 Å². The number of anilines is 1. The number of rotatable bonds is 6. The number of halogens is 2. The van der Waals surface area contributed by atoms with Gasteiger partial charge in [0.1, 0.15) is 5.88 Å². The third-order valence-corrected chi connectivity index (χ3v) is 2.68. The van der Waals surface area contributed by atoms with Crippen LogP contribution in [0.4, 0.5) is 14.9 Å². The number of amides is 3. The molecule has 6 heteroatoms. The topological polar surface area (TPSA) is 58.2 Å². The Balaban J connectivity index is 2.43. The Morgan fingerprint density at radius 1 is 1.16 bits per heavy atom. The molecular formula is C13H16ClFN2O2. The van der Waals surface area contributed by atoms with Crippen molar-refractivity contribution in [1.82, 2.24) is 5.32 Å². The van der Waals surface area contributed by atoms with E-state index in [2.05, 4.69) is 10.6 Å². The Kier molecular flexibility index (Phi) is 6.89. The van der Waals surface area contributed by atoms with Gasteiger partial charge in [0.15, 0.2) is 0 Å². The van der Waals surface area contributed by atoms with E-state index in [0.29, 0.717) is 12.1 Å². The first-order valence-corrected chi connectivity index (χ1v) is 6.51. The van der Waals surface area contributed by atoms with Gasteiger partial charge in [0.2, 0.25) is 5.91 Å². The van der Waals surface area contributed by atoms with Crippen molar-refractivity contribution < 1.29 is 14.0 Å². The minimum Gasteiger partial charge on any atom is -0.308 e. The number of hydrogen-bond acceptors (Lipinski definition) is 2. The lowest BCUT2D eigenvalue weighted by molar-refractivity contribution is -0.117. The van der Waals surface area contributed by atoms with Crippen LogP contribution in [-0.4, -0.2) is 24.5 Å². The molecule has 19 heavy (non-hydrogen) atoms. The van der Waals surface area contributed by atoms with Gasteiger partial charge in [-0.05, 0) is 37.0 Å². The highest BCUT2D eigenvalue weighted by atomic mass is 35.5. The lowest BCUT2D eigenvalue weighted by atomic mass is 10.1. The summed E-state index contributed by atoms with van der Waals surface area (Å²) in [6.07, 6.45) is 2.16. The van der Waals surface area contributed by atoms with Gasteiger partial charge in [0.05, 0.1) is 6.67 Å². The molecule has 0 saturated carbocycles. The third-order valence-electron chi connectivity index (χ3n) is 2.44. The number of unbranched alkanes of at least 4 members (excludes halogenated alkanes) is 1. The molecule has 0 unspecified atom stereocenters. The summed E-state index contributed by atoms with van der Waals surface area (Å²) >= 11 is 5.26. The van der Waals surface area contributed by atoms with Gasteiger partial charge in [-0.3, -0.25) is 14.5 Å². The van der Waals surface area contributed by atoms with Crippen molar-refractivity contribution in [3.05, 3.63) is 29.8 Å². The summed E-state index contributed by atoms with van der Waals surface area (Å²) in [6, 6.07) is 6.57. The fraction of sp³-hybridized carbons (Fsp3) is 0.385. The van der Waals surface area contributed by atoms with E-state index in [-0.39, 0.29) is 12.6 Å². The molecule has 0 radical (unpaired) electrons. The fourth-order valence-electron chi connectivity index (χ4n) is 1.50. The average Bonchev–Trinajstić information content (AvgIpc) is 2.40. The van der Waals surface area contributed by atoms with E-state index >= 15 is 0 Å². The molecule has 0 aliphatic carbocycles. The minimum atomic E-state index is -0.615. The molecule has 0 atom stereocenters. The number of aryl methyl sites for hydroxylation is 1. The Bertz CT molecular complexity index is 423. The van der Waals surface area contributed by atoms with Gasteiger partial charge >= 0.3 is 6.03 Å². The third kappa shape index (κ3) is 6.20. The number of urea groups is 1. The Morgan fingerprint density at radius 2 is 1.84 bits per heavy atom. The normalized spacial score (nSPS) is 10.0. The van der Waals surface area contributed by atoms with Crippen molar-refractivity contribution >= 4 is 29.2 Å². The van der Waals surface area contributed by atoms with Gasteiger partial charge < -0.3 is 5.32 Å². The number of benzene rings is 1. The summed E-state index contributed by atoms with van der Waals surface area (Å²) in [7, 11) is 0. The highest BCUT2D eigenvalue weighted by Gasteiger charge is 2.06. The number of alkyl halides is 2. The minimum absolute atomic E-state index is 0.263. The van der Waals surface area contributed by atoms with E-state index in [9.17, 15) is 14.0 Å². The van der Waals surface area contributed by atoms with Crippen LogP contribution in [0.25, 0.3) is 0 Å². The van der Waals surface area contributed by atoms with E-state index in [0.717, 1.165) is 18.4 Å². The predicted octanol–water partition coefficient (Wildman–Crippen LogP) is 2.87. The molecule has 2 N–H and O–H groups in total. The second-order valence-electron chi connectivity index (χ2n) is 3.98. The van der Waals surface area contributed by atoms with E-state index in [1.807, 2.05) is 12.1 Å². The zero-order valence-corrected chi connectivity index (χ0v) is 11.2. The van der Waals surface area contributed by atoms with E-state index in [4.69, 9.17) is 11.6 Å². The summed E-state index contributed by atoms with van der Waals surface area (Å²) in [5.41, 5.74) is 1.66. The first-order chi connectivity index (χ1) is 9.15. The average molecular weight is 287 g/mol. The summed E-state index contributed by atoms with van der Waals surface area (Å²) in [5, 5.41) is 4.58. The molecule has 0 aliphatic heterocycles. The molecule has 0 saturated heterocycles. The molecule has 0 spiro atoms. The van der Waals surface area contributed by atoms with Gasteiger partial charge in [-0.15, -0.1) is 11.6 Å². The van der Waals surface area contributed by atoms with Crippen molar-refractivity contribution in [2.45, 2.75) is 19.3 Å². The van der Waals surface area contributed by atoms with Gasteiger partial charge in [-0.1, -0.05) is 12.1 Å². The van der Waals surface area contributed by atoms with Crippen molar-refractivity contribution in [2.24, 2.45) is 0 Å². The van der Waals surface area contributed by atoms with Crippen LogP contribution in [-0.2, 0) is 11.2 Å². The molecule has 0 aliphatic rings. The summed E-state index contributed by atoms with van der Waals surface area (Å²) < 4.78 is 11.9. The maximum absolute atomic E-state index is 11.9. The molecule has 0 fully saturated rings. The molecule has 0 heterocycles. The van der Waals surface area contributed by atoms with Crippen LogP contribution in [0.2, 0.25) is 0 Å². The van der Waals surface area contributed by atoms with Crippen LogP contribution in [0.1, 0.15) is 18.4 Å². The zero-order chi connectivity index (χ0) is 14.1. The van der Waals surface area contributed by atoms with Crippen molar-refractivity contribution in [1.29, 1.82) is 0 Å². The number of hydrogen-bond donors (Lipinski definition) is 2. The maximum Gasteiger partial charge on any atom is 0.325 e. The summed E-state index contributed by atoms with van der Waals surface area (Å²) in [4.78, 5) is 22.2. The highest BCUT2D eigenvalue weighted by molar-refractivity contribution is 6.28. The molecule has 1 aromatic rings. The van der Waals surface area contributed by atoms with Gasteiger partial charge in [-0.2, -0.15) is 0 Å². The molecule has 1 rings (SSSR count). The number of nitrogens with one attached hydrogen (secondary N) is 2. The predicted molar refractivity (Wildman–Crippen MR) is 73.2 cm³/mol. The smallest absolute Gasteiger partial charge is 0.308 e. The second kappa shape index (κ2) is 8.48. The lowest BCUT2D eigenvalue weighted by Crippen LogP contribution is -2.35. The molecule has 104 valence electrons. The van der Waals surface area contributed by atoms with Crippen LogP contribution in [0, 0.1) is 0 Å². The molecule has 0 aromatic heterocycles. The highest BCUT2D eigenvalue weighted by Crippen LogP contribution is 2.11. The second-order valence-corrected chi connectivity index (χ2v) is 4.25. The monoisotopic (exact) mass is 286 g/mol. The largest absolute Gasteiger partial charge is 0.325 e. The van der Waals surface area contributed by atoms with Crippen molar-refractivity contribution in [3.63, 3.8) is 0 Å². The quantitative estimate of drug-likeness (QED) is 0.624. The van der Waals surface area contributed by atoms with Gasteiger partial charge in [0, 0.05) is 5.69 Å². The van der Waals surface area contributed by atoms with Gasteiger partial charge in [0.25, 0.3) is 0 Å². The van der Waals surface area contributed by atoms with Crippen LogP contribution in [0.5, 0.6) is 0 Å². The van der Waals surface area contributed by atoms with Crippen LogP contribution in [0.3, 0.4) is 0 Å². The zero-order valence-electron chi connectivity index (χ0n) is 10.4. The van der Waals surface area contributed by atoms with Crippen molar-refractivity contribution in [2.75, 3.05) is 17.9 Å². The molecular weight excluding hydrogens is 271 g/mol. The Hall–Kier alpha value is -1.62. The molecule has 4 nitrogen and oxygen atoms in total. The maximum atomic E-state index is 11.9. The lowest BCUT2D eigenvalue weighted by Gasteiger charge is -2.06. The van der Waals surface area contributed by atoms with E-state index in [1.165, 1.54) is 0 Å². The number of carbonyl (C=O) groups excluding carboxylic acids is 2. The molecule has 1 aromatic carbocycles. The standard InChI is InChI=1S/C13H16ClFN2O2/c14-9-12(18)17-13(19)16-11-6-4-10(5-7-11)3-1-2-8-15/h4-7H,1-3,8-9H2,(H2,16,17,18,19). The first kappa shape index (κ1) is 15.4. The summed E-state index contributed by atoms with van der Waals surface area (Å²) in [6.45, 7) is -0.297. The number of imide groups is 1.